The number of fused-ring (bicyclic) bond motifs is 1. The number of rotatable bonds is 1. The van der Waals surface area contributed by atoms with Gasteiger partial charge in [0.05, 0.1) is 11.1 Å². The van der Waals surface area contributed by atoms with E-state index in [-0.39, 0.29) is 5.91 Å². The van der Waals surface area contributed by atoms with Crippen molar-refractivity contribution in [3.8, 4) is 11.3 Å². The fourth-order valence-corrected chi connectivity index (χ4v) is 2.89. The molecule has 0 saturated carbocycles. The number of nitrogens with two attached hydrogens (primary N) is 1. The van der Waals surface area contributed by atoms with E-state index in [2.05, 4.69) is 11.2 Å². The molecule has 3 rings (SSSR count). The largest absolute Gasteiger partial charge is 0.382 e. The zero-order chi connectivity index (χ0) is 14.7. The van der Waals surface area contributed by atoms with Gasteiger partial charge in [0.25, 0.3) is 0 Å². The van der Waals surface area contributed by atoms with Crippen molar-refractivity contribution in [3.05, 3.63) is 29.8 Å². The number of anilines is 2. The second-order valence-electron chi connectivity index (χ2n) is 5.80. The number of amides is 1. The minimum Gasteiger partial charge on any atom is -0.382 e. The Morgan fingerprint density at radius 1 is 1.20 bits per heavy atom. The predicted molar refractivity (Wildman–Crippen MR) is 79.5 cm³/mol. The quantitative estimate of drug-likeness (QED) is 0.861. The van der Waals surface area contributed by atoms with Crippen LogP contribution in [0.2, 0.25) is 0 Å². The number of aryl methyl sites for hydroxylation is 1. The Morgan fingerprint density at radius 3 is 2.50 bits per heavy atom. The number of aromatic nitrogens is 2. The minimum absolute atomic E-state index is 0.120. The fraction of sp³-hybridized carbons (Fsp3) is 0.333. The molecule has 1 aliphatic heterocycles. The van der Waals surface area contributed by atoms with Gasteiger partial charge in [0.1, 0.15) is 5.82 Å². The third kappa shape index (κ3) is 1.56. The van der Waals surface area contributed by atoms with Crippen LogP contribution in [0.5, 0.6) is 0 Å². The first-order valence-corrected chi connectivity index (χ1v) is 6.55. The molecule has 2 aromatic rings. The predicted octanol–water partition coefficient (Wildman–Crippen LogP) is 1.92. The van der Waals surface area contributed by atoms with Gasteiger partial charge in [-0.25, -0.2) is 0 Å². The maximum absolute atomic E-state index is 12.3. The molecule has 0 atom stereocenters. The van der Waals surface area contributed by atoms with Gasteiger partial charge in [-0.15, -0.1) is 0 Å². The molecule has 104 valence electrons. The van der Waals surface area contributed by atoms with Crippen LogP contribution in [0.4, 0.5) is 11.5 Å². The van der Waals surface area contributed by atoms with Crippen molar-refractivity contribution in [2.75, 3.05) is 17.7 Å². The number of benzene rings is 1. The molecule has 5 heteroatoms. The molecule has 1 amide bonds. The Morgan fingerprint density at radius 2 is 1.90 bits per heavy atom. The lowest BCUT2D eigenvalue weighted by Crippen LogP contribution is -2.33. The number of carbonyl (C=O) groups excluding carboxylic acids is 1. The summed E-state index contributed by atoms with van der Waals surface area (Å²) in [6.45, 7) is 3.91. The summed E-state index contributed by atoms with van der Waals surface area (Å²) in [7, 11) is 3.68. The van der Waals surface area contributed by atoms with Crippen molar-refractivity contribution < 1.29 is 4.79 Å². The average Bonchev–Trinajstić information content (AvgIpc) is 2.82. The van der Waals surface area contributed by atoms with E-state index in [0.29, 0.717) is 5.82 Å². The van der Waals surface area contributed by atoms with Crippen molar-refractivity contribution in [2.45, 2.75) is 19.3 Å². The number of hydrogen-bond acceptors (Lipinski definition) is 3. The summed E-state index contributed by atoms with van der Waals surface area (Å²) in [6.07, 6.45) is 0. The number of hydrogen-bond donors (Lipinski definition) is 1. The lowest BCUT2D eigenvalue weighted by molar-refractivity contribution is -0.121. The van der Waals surface area contributed by atoms with E-state index in [4.69, 9.17) is 5.73 Å². The summed E-state index contributed by atoms with van der Waals surface area (Å²) >= 11 is 0. The first-order chi connectivity index (χ1) is 9.32. The normalized spacial score (nSPS) is 16.6. The topological polar surface area (TPSA) is 64.2 Å². The summed E-state index contributed by atoms with van der Waals surface area (Å²) in [4.78, 5) is 14.0. The molecule has 0 aliphatic carbocycles. The lowest BCUT2D eigenvalue weighted by Gasteiger charge is -2.16. The molecule has 2 N–H and O–H groups in total. The maximum Gasteiger partial charge on any atom is 0.236 e. The van der Waals surface area contributed by atoms with E-state index >= 15 is 0 Å². The van der Waals surface area contributed by atoms with Crippen LogP contribution in [0.3, 0.4) is 0 Å². The molecule has 0 radical (unpaired) electrons. The summed E-state index contributed by atoms with van der Waals surface area (Å²) in [5, 5.41) is 4.16. The number of nitrogen functional groups attached to an aromatic ring is 1. The zero-order valence-corrected chi connectivity index (χ0v) is 12.1. The Balaban J connectivity index is 2.18. The Hall–Kier alpha value is -2.30. The third-order valence-corrected chi connectivity index (χ3v) is 4.07. The van der Waals surface area contributed by atoms with Gasteiger partial charge in [-0.1, -0.05) is 6.07 Å². The monoisotopic (exact) mass is 270 g/mol. The summed E-state index contributed by atoms with van der Waals surface area (Å²) in [5.74, 6) is 0.615. The Bertz CT molecular complexity index is 715. The van der Waals surface area contributed by atoms with Gasteiger partial charge in [-0.05, 0) is 31.5 Å². The maximum atomic E-state index is 12.3. The number of carbonyl (C=O) groups is 1. The fourth-order valence-electron chi connectivity index (χ4n) is 2.89. The van der Waals surface area contributed by atoms with E-state index in [0.717, 1.165) is 22.5 Å². The van der Waals surface area contributed by atoms with Crippen LogP contribution in [0, 0.1) is 0 Å². The molecule has 20 heavy (non-hydrogen) atoms. The van der Waals surface area contributed by atoms with Crippen LogP contribution < -0.4 is 10.6 Å². The zero-order valence-electron chi connectivity index (χ0n) is 12.1. The molecule has 0 unspecified atom stereocenters. The summed E-state index contributed by atoms with van der Waals surface area (Å²) < 4.78 is 1.75. The molecular weight excluding hydrogens is 252 g/mol. The van der Waals surface area contributed by atoms with E-state index < -0.39 is 5.41 Å². The van der Waals surface area contributed by atoms with Gasteiger partial charge < -0.3 is 10.6 Å². The van der Waals surface area contributed by atoms with E-state index in [9.17, 15) is 4.79 Å². The average molecular weight is 270 g/mol. The molecule has 1 aromatic heterocycles. The van der Waals surface area contributed by atoms with Gasteiger partial charge >= 0.3 is 0 Å². The molecule has 0 saturated heterocycles. The van der Waals surface area contributed by atoms with Gasteiger partial charge in [-0.3, -0.25) is 9.48 Å². The van der Waals surface area contributed by atoms with Gasteiger partial charge in [-0.2, -0.15) is 5.10 Å². The highest BCUT2D eigenvalue weighted by Gasteiger charge is 2.42. The van der Waals surface area contributed by atoms with Crippen LogP contribution in [0.15, 0.2) is 24.3 Å². The summed E-state index contributed by atoms with van der Waals surface area (Å²) in [6, 6.07) is 7.89. The summed E-state index contributed by atoms with van der Waals surface area (Å²) in [5.41, 5.74) is 9.22. The number of nitrogens with zero attached hydrogens (tertiary/aromatic N) is 3. The van der Waals surface area contributed by atoms with Crippen LogP contribution in [-0.2, 0) is 17.3 Å². The molecule has 5 nitrogen and oxygen atoms in total. The molecule has 0 bridgehead atoms. The van der Waals surface area contributed by atoms with E-state index in [1.807, 2.05) is 46.1 Å². The van der Waals surface area contributed by atoms with Crippen LogP contribution >= 0.6 is 0 Å². The molecule has 2 heterocycles. The molecule has 0 fully saturated rings. The molecular formula is C15H18N4O. The molecule has 1 aromatic carbocycles. The second kappa shape index (κ2) is 3.85. The van der Waals surface area contributed by atoms with Crippen LogP contribution in [0.1, 0.15) is 19.4 Å². The van der Waals surface area contributed by atoms with Crippen molar-refractivity contribution in [3.63, 3.8) is 0 Å². The first-order valence-electron chi connectivity index (χ1n) is 6.55. The van der Waals surface area contributed by atoms with Crippen LogP contribution in [0.25, 0.3) is 11.3 Å². The van der Waals surface area contributed by atoms with Crippen molar-refractivity contribution in [1.82, 2.24) is 9.78 Å². The molecule has 0 spiro atoms. The van der Waals surface area contributed by atoms with E-state index in [1.54, 1.807) is 9.58 Å². The highest BCUT2D eigenvalue weighted by molar-refractivity contribution is 6.07. The Labute approximate surface area is 118 Å². The highest BCUT2D eigenvalue weighted by Crippen LogP contribution is 2.42. The van der Waals surface area contributed by atoms with Crippen LogP contribution in [-0.4, -0.2) is 22.7 Å². The smallest absolute Gasteiger partial charge is 0.236 e. The van der Waals surface area contributed by atoms with Gasteiger partial charge in [0.15, 0.2) is 0 Å². The second-order valence-corrected chi connectivity index (χ2v) is 5.80. The standard InChI is InChI=1S/C15H18N4O/c1-15(2)10-7-9(12-8-13(16)17-19(12)4)5-6-11(10)18(3)14(15)20/h5-8H,1-4H3,(H2,16,17). The van der Waals surface area contributed by atoms with Crippen molar-refractivity contribution in [1.29, 1.82) is 0 Å². The van der Waals surface area contributed by atoms with Gasteiger partial charge in [0.2, 0.25) is 5.91 Å². The van der Waals surface area contributed by atoms with Crippen molar-refractivity contribution in [2.24, 2.45) is 7.05 Å². The third-order valence-electron chi connectivity index (χ3n) is 4.07. The Kier molecular flexibility index (Phi) is 2.45. The van der Waals surface area contributed by atoms with Crippen molar-refractivity contribution >= 4 is 17.4 Å². The van der Waals surface area contributed by atoms with Gasteiger partial charge in [0, 0.05) is 31.4 Å². The lowest BCUT2D eigenvalue weighted by atomic mass is 9.85. The SMILES string of the molecule is CN1C(=O)C(C)(C)c2cc(-c3cc(N)nn3C)ccc21. The first kappa shape index (κ1) is 12.7. The minimum atomic E-state index is -0.496. The molecule has 1 aliphatic rings. The highest BCUT2D eigenvalue weighted by atomic mass is 16.2. The van der Waals surface area contributed by atoms with E-state index in [1.165, 1.54) is 0 Å². The number of likely N-dealkylation sites (N-methyl/N-ethyl adjacent to an activating group) is 1.